The molecule has 6 nitrogen and oxygen atoms in total. The molecule has 0 amide bonds. The van der Waals surface area contributed by atoms with Crippen LogP contribution in [-0.4, -0.2) is 4.98 Å². The fourth-order valence-corrected chi connectivity index (χ4v) is 7.77. The maximum atomic E-state index is 6.73. The van der Waals surface area contributed by atoms with E-state index in [-0.39, 0.29) is 0 Å². The molecule has 0 fully saturated rings. The number of nitrogens with zero attached hydrogens (tertiary/aromatic N) is 3. The molecule has 0 saturated heterocycles. The highest BCUT2D eigenvalue weighted by molar-refractivity contribution is 6.11. The Labute approximate surface area is 315 Å². The van der Waals surface area contributed by atoms with Gasteiger partial charge in [0.05, 0.1) is 17.1 Å². The van der Waals surface area contributed by atoms with Crippen molar-refractivity contribution in [1.29, 1.82) is 0 Å². The molecular weight excluding hydrogens is 679 g/mol. The molecule has 0 spiro atoms. The maximum Gasteiger partial charge on any atom is 0.227 e. The Morgan fingerprint density at radius 3 is 1.65 bits per heavy atom. The van der Waals surface area contributed by atoms with Crippen molar-refractivity contribution in [3.05, 3.63) is 188 Å². The van der Waals surface area contributed by atoms with Gasteiger partial charge in [0.15, 0.2) is 11.2 Å². The molecule has 55 heavy (non-hydrogen) atoms. The summed E-state index contributed by atoms with van der Waals surface area (Å²) in [5.41, 5.74) is 11.2. The number of benzene rings is 8. The smallest absolute Gasteiger partial charge is 0.227 e. The third kappa shape index (κ3) is 5.15. The van der Waals surface area contributed by atoms with Crippen molar-refractivity contribution < 1.29 is 13.3 Å². The van der Waals surface area contributed by atoms with Crippen molar-refractivity contribution in [2.45, 2.75) is 0 Å². The van der Waals surface area contributed by atoms with Crippen LogP contribution < -0.4 is 9.80 Å². The van der Waals surface area contributed by atoms with Crippen LogP contribution in [-0.2, 0) is 0 Å². The van der Waals surface area contributed by atoms with Crippen molar-refractivity contribution in [1.82, 2.24) is 4.98 Å². The van der Waals surface area contributed by atoms with Gasteiger partial charge in [0.2, 0.25) is 5.89 Å². The van der Waals surface area contributed by atoms with Gasteiger partial charge in [0, 0.05) is 50.2 Å². The lowest BCUT2D eigenvalue weighted by Gasteiger charge is -2.29. The molecule has 8 aromatic carbocycles. The van der Waals surface area contributed by atoms with E-state index >= 15 is 0 Å². The van der Waals surface area contributed by atoms with Crippen LogP contribution in [0.25, 0.3) is 66.4 Å². The lowest BCUT2D eigenvalue weighted by molar-refractivity contribution is 0.620. The standard InChI is InChI=1S/C49H31N3O3/c1-4-15-32(16-5-1)49-50-47-42(51(33-17-6-2-7-18-33)35-27-28-45-40(29-35)38-22-11-12-25-43(38)53-45)30-36(31-46(47)55-49)52(34-19-8-3-9-20-34)41-24-14-23-39-37-21-10-13-26-44(37)54-48(39)41/h1-31H. The van der Waals surface area contributed by atoms with E-state index in [9.17, 15) is 0 Å². The van der Waals surface area contributed by atoms with Gasteiger partial charge < -0.3 is 23.1 Å². The molecule has 11 aromatic rings. The minimum Gasteiger partial charge on any atom is -0.456 e. The van der Waals surface area contributed by atoms with Crippen molar-refractivity contribution in [3.63, 3.8) is 0 Å². The Morgan fingerprint density at radius 2 is 0.927 bits per heavy atom. The lowest BCUT2D eigenvalue weighted by Crippen LogP contribution is -2.14. The molecular formula is C49H31N3O3. The summed E-state index contributed by atoms with van der Waals surface area (Å²) in [6, 6.07) is 64.2. The third-order valence-electron chi connectivity index (χ3n) is 10.3. The van der Waals surface area contributed by atoms with E-state index in [4.69, 9.17) is 18.2 Å². The summed E-state index contributed by atoms with van der Waals surface area (Å²) in [4.78, 5) is 9.72. The Bertz CT molecular complexity index is 3170. The third-order valence-corrected chi connectivity index (χ3v) is 10.3. The van der Waals surface area contributed by atoms with E-state index in [0.717, 1.165) is 89.1 Å². The summed E-state index contributed by atoms with van der Waals surface area (Å²) in [6.45, 7) is 0. The Hall–Kier alpha value is -7.57. The number of hydrogen-bond donors (Lipinski definition) is 0. The van der Waals surface area contributed by atoms with Crippen molar-refractivity contribution in [2.24, 2.45) is 0 Å². The Balaban J connectivity index is 1.21. The minimum absolute atomic E-state index is 0.545. The lowest BCUT2D eigenvalue weighted by atomic mass is 10.1. The van der Waals surface area contributed by atoms with E-state index in [2.05, 4.69) is 125 Å². The first-order valence-corrected chi connectivity index (χ1v) is 18.3. The van der Waals surface area contributed by atoms with Gasteiger partial charge in [0.1, 0.15) is 22.3 Å². The van der Waals surface area contributed by atoms with Gasteiger partial charge in [-0.1, -0.05) is 103 Å². The number of furan rings is 2. The molecule has 3 aromatic heterocycles. The summed E-state index contributed by atoms with van der Waals surface area (Å²) >= 11 is 0. The summed E-state index contributed by atoms with van der Waals surface area (Å²) in [6.07, 6.45) is 0. The van der Waals surface area contributed by atoms with Gasteiger partial charge in [-0.2, -0.15) is 0 Å². The molecule has 0 radical (unpaired) electrons. The zero-order valence-corrected chi connectivity index (χ0v) is 29.5. The number of para-hydroxylation sites is 5. The molecule has 0 saturated carbocycles. The number of rotatable bonds is 7. The molecule has 0 aliphatic heterocycles. The molecule has 3 heterocycles. The highest BCUT2D eigenvalue weighted by Gasteiger charge is 2.26. The van der Waals surface area contributed by atoms with E-state index in [1.165, 1.54) is 0 Å². The summed E-state index contributed by atoms with van der Waals surface area (Å²) in [5, 5.41) is 4.22. The van der Waals surface area contributed by atoms with Gasteiger partial charge in [-0.25, -0.2) is 4.98 Å². The van der Waals surface area contributed by atoms with Gasteiger partial charge in [-0.3, -0.25) is 0 Å². The first-order valence-electron chi connectivity index (χ1n) is 18.3. The highest BCUT2D eigenvalue weighted by Crippen LogP contribution is 2.48. The second-order valence-corrected chi connectivity index (χ2v) is 13.6. The number of aromatic nitrogens is 1. The maximum absolute atomic E-state index is 6.73. The minimum atomic E-state index is 0.545. The monoisotopic (exact) mass is 709 g/mol. The molecule has 11 rings (SSSR count). The first-order chi connectivity index (χ1) is 27.3. The largest absolute Gasteiger partial charge is 0.456 e. The van der Waals surface area contributed by atoms with Crippen molar-refractivity contribution in [3.8, 4) is 11.5 Å². The average Bonchev–Trinajstić information content (AvgIpc) is 3.96. The molecule has 0 unspecified atom stereocenters. The van der Waals surface area contributed by atoms with Crippen LogP contribution >= 0.6 is 0 Å². The number of oxazole rings is 1. The predicted molar refractivity (Wildman–Crippen MR) is 223 cm³/mol. The molecule has 0 aliphatic carbocycles. The Kier molecular flexibility index (Phi) is 7.07. The van der Waals surface area contributed by atoms with Gasteiger partial charge in [-0.15, -0.1) is 0 Å². The summed E-state index contributed by atoms with van der Waals surface area (Å²) < 4.78 is 19.6. The van der Waals surface area contributed by atoms with Crippen LogP contribution in [0.4, 0.5) is 34.1 Å². The van der Waals surface area contributed by atoms with Crippen LogP contribution in [0, 0.1) is 0 Å². The first kappa shape index (κ1) is 31.0. The SMILES string of the molecule is c1ccc(-c2nc3c(N(c4ccccc4)c4ccc5oc6ccccc6c5c4)cc(N(c4ccccc4)c4cccc5c4oc4ccccc45)cc3o2)cc1. The summed E-state index contributed by atoms with van der Waals surface area (Å²) in [7, 11) is 0. The van der Waals surface area contributed by atoms with E-state index < -0.39 is 0 Å². The molecule has 0 aliphatic rings. The van der Waals surface area contributed by atoms with E-state index in [0.29, 0.717) is 11.5 Å². The average molecular weight is 710 g/mol. The fraction of sp³-hybridized carbons (Fsp3) is 0. The van der Waals surface area contributed by atoms with Crippen LogP contribution in [0.1, 0.15) is 0 Å². The van der Waals surface area contributed by atoms with Crippen LogP contribution in [0.2, 0.25) is 0 Å². The zero-order valence-electron chi connectivity index (χ0n) is 29.5. The van der Waals surface area contributed by atoms with E-state index in [1.807, 2.05) is 72.8 Å². The Morgan fingerprint density at radius 1 is 0.345 bits per heavy atom. The van der Waals surface area contributed by atoms with Gasteiger partial charge in [-0.05, 0) is 78.9 Å². The second-order valence-electron chi connectivity index (χ2n) is 13.6. The zero-order chi connectivity index (χ0) is 36.3. The summed E-state index contributed by atoms with van der Waals surface area (Å²) in [5.74, 6) is 0.545. The van der Waals surface area contributed by atoms with Gasteiger partial charge >= 0.3 is 0 Å². The molecule has 260 valence electrons. The molecule has 0 N–H and O–H groups in total. The normalized spacial score (nSPS) is 11.6. The van der Waals surface area contributed by atoms with Crippen molar-refractivity contribution >= 4 is 89.1 Å². The van der Waals surface area contributed by atoms with Crippen LogP contribution in [0.3, 0.4) is 0 Å². The number of anilines is 6. The van der Waals surface area contributed by atoms with Crippen LogP contribution in [0.5, 0.6) is 0 Å². The number of fused-ring (bicyclic) bond motifs is 7. The number of hydrogen-bond acceptors (Lipinski definition) is 6. The predicted octanol–water partition coefficient (Wildman–Crippen LogP) is 14.2. The molecule has 0 atom stereocenters. The van der Waals surface area contributed by atoms with Crippen molar-refractivity contribution in [2.75, 3.05) is 9.80 Å². The van der Waals surface area contributed by atoms with Gasteiger partial charge in [0.25, 0.3) is 0 Å². The molecule has 6 heteroatoms. The second kappa shape index (κ2) is 12.5. The topological polar surface area (TPSA) is 58.8 Å². The highest BCUT2D eigenvalue weighted by atomic mass is 16.3. The quantitative estimate of drug-likeness (QED) is 0.164. The van der Waals surface area contributed by atoms with E-state index in [1.54, 1.807) is 0 Å². The fourth-order valence-electron chi connectivity index (χ4n) is 7.77. The molecule has 0 bridgehead atoms. The van der Waals surface area contributed by atoms with Crippen LogP contribution in [0.15, 0.2) is 201 Å².